The summed E-state index contributed by atoms with van der Waals surface area (Å²) in [6.45, 7) is 7.25. The Balaban J connectivity index is 2.80. The highest BCUT2D eigenvalue weighted by molar-refractivity contribution is 6.67. The molecule has 17 heavy (non-hydrogen) atoms. The van der Waals surface area contributed by atoms with Crippen LogP contribution < -0.4 is 0 Å². The van der Waals surface area contributed by atoms with Gasteiger partial charge in [0.1, 0.15) is 0 Å². The molecule has 0 unspecified atom stereocenters. The summed E-state index contributed by atoms with van der Waals surface area (Å²) >= 11 is 5.59. The van der Waals surface area contributed by atoms with E-state index in [0.29, 0.717) is 5.56 Å². The summed E-state index contributed by atoms with van der Waals surface area (Å²) in [5.74, 6) is 0. The van der Waals surface area contributed by atoms with Gasteiger partial charge in [-0.25, -0.2) is 0 Å². The lowest BCUT2D eigenvalue weighted by Gasteiger charge is -2.21. The van der Waals surface area contributed by atoms with Crippen LogP contribution in [0.25, 0.3) is 0 Å². The van der Waals surface area contributed by atoms with E-state index in [-0.39, 0.29) is 5.24 Å². The quantitative estimate of drug-likeness (QED) is 0.691. The van der Waals surface area contributed by atoms with Crippen molar-refractivity contribution in [1.82, 2.24) is 4.90 Å². The number of halogens is 1. The van der Waals surface area contributed by atoms with Gasteiger partial charge in [0.05, 0.1) is 0 Å². The van der Waals surface area contributed by atoms with Crippen molar-refractivity contribution in [2.45, 2.75) is 33.2 Å². The van der Waals surface area contributed by atoms with Crippen LogP contribution in [0.2, 0.25) is 0 Å². The van der Waals surface area contributed by atoms with Gasteiger partial charge in [0.25, 0.3) is 5.24 Å². The highest BCUT2D eigenvalue weighted by Gasteiger charge is 2.11. The average Bonchev–Trinajstić information content (AvgIpc) is 2.30. The molecule has 0 N–H and O–H groups in total. The number of hydrogen-bond donors (Lipinski definition) is 0. The summed E-state index contributed by atoms with van der Waals surface area (Å²) < 4.78 is 0. The molecule has 94 valence electrons. The van der Waals surface area contributed by atoms with Gasteiger partial charge >= 0.3 is 0 Å². The van der Waals surface area contributed by atoms with Gasteiger partial charge in [-0.05, 0) is 49.2 Å². The van der Waals surface area contributed by atoms with Crippen molar-refractivity contribution in [2.75, 3.05) is 13.1 Å². The van der Waals surface area contributed by atoms with Crippen LogP contribution >= 0.6 is 11.6 Å². The minimum absolute atomic E-state index is 0.367. The lowest BCUT2D eigenvalue weighted by atomic mass is 10.1. The number of carbonyl (C=O) groups is 1. The van der Waals surface area contributed by atoms with Crippen LogP contribution in [0.4, 0.5) is 0 Å². The molecule has 1 aromatic rings. The standard InChI is InChI=1S/C14H20ClNO/c1-3-9-16(10-4-2)11-12-7-5-6-8-13(12)14(15)17/h5-8H,3-4,9-11H2,1-2H3. The zero-order valence-corrected chi connectivity index (χ0v) is 11.3. The van der Waals surface area contributed by atoms with Crippen molar-refractivity contribution in [3.8, 4) is 0 Å². The van der Waals surface area contributed by atoms with E-state index < -0.39 is 0 Å². The van der Waals surface area contributed by atoms with E-state index in [9.17, 15) is 4.79 Å². The van der Waals surface area contributed by atoms with Gasteiger partial charge in [0, 0.05) is 12.1 Å². The van der Waals surface area contributed by atoms with Gasteiger partial charge in [0.15, 0.2) is 0 Å². The van der Waals surface area contributed by atoms with Crippen LogP contribution in [0.15, 0.2) is 24.3 Å². The number of carbonyl (C=O) groups excluding carboxylic acids is 1. The number of benzene rings is 1. The molecule has 0 aromatic heterocycles. The fraction of sp³-hybridized carbons (Fsp3) is 0.500. The first-order valence-corrected chi connectivity index (χ1v) is 6.56. The van der Waals surface area contributed by atoms with Gasteiger partial charge < -0.3 is 0 Å². The minimum Gasteiger partial charge on any atom is -0.299 e. The maximum atomic E-state index is 11.3. The molecule has 2 nitrogen and oxygen atoms in total. The largest absolute Gasteiger partial charge is 0.299 e. The van der Waals surface area contributed by atoms with Crippen molar-refractivity contribution in [3.63, 3.8) is 0 Å². The summed E-state index contributed by atoms with van der Waals surface area (Å²) in [5, 5.41) is -0.367. The minimum atomic E-state index is -0.367. The van der Waals surface area contributed by atoms with Crippen LogP contribution in [-0.4, -0.2) is 23.2 Å². The molecule has 0 radical (unpaired) electrons. The SMILES string of the molecule is CCCN(CCC)Cc1ccccc1C(=O)Cl. The third-order valence-corrected chi connectivity index (χ3v) is 2.91. The topological polar surface area (TPSA) is 20.3 Å². The van der Waals surface area contributed by atoms with E-state index in [1.54, 1.807) is 6.07 Å². The number of rotatable bonds is 7. The van der Waals surface area contributed by atoms with E-state index in [1.807, 2.05) is 18.2 Å². The Kier molecular flexibility index (Phi) is 6.23. The second-order valence-corrected chi connectivity index (χ2v) is 4.55. The summed E-state index contributed by atoms with van der Waals surface area (Å²) in [6.07, 6.45) is 2.24. The summed E-state index contributed by atoms with van der Waals surface area (Å²) in [4.78, 5) is 13.7. The van der Waals surface area contributed by atoms with Crippen molar-refractivity contribution in [2.24, 2.45) is 0 Å². The monoisotopic (exact) mass is 253 g/mol. The smallest absolute Gasteiger partial charge is 0.252 e. The van der Waals surface area contributed by atoms with Crippen molar-refractivity contribution in [3.05, 3.63) is 35.4 Å². The zero-order valence-electron chi connectivity index (χ0n) is 10.6. The Morgan fingerprint density at radius 1 is 1.18 bits per heavy atom. The molecular weight excluding hydrogens is 234 g/mol. The molecule has 0 bridgehead atoms. The lowest BCUT2D eigenvalue weighted by Crippen LogP contribution is -2.25. The van der Waals surface area contributed by atoms with Crippen molar-refractivity contribution in [1.29, 1.82) is 0 Å². The summed E-state index contributed by atoms with van der Waals surface area (Å²) in [5.41, 5.74) is 1.65. The highest BCUT2D eigenvalue weighted by Crippen LogP contribution is 2.14. The van der Waals surface area contributed by atoms with E-state index in [1.165, 1.54) is 0 Å². The molecule has 0 fully saturated rings. The third-order valence-electron chi connectivity index (χ3n) is 2.70. The Hall–Kier alpha value is -0.860. The molecule has 0 spiro atoms. The van der Waals surface area contributed by atoms with Crippen LogP contribution in [-0.2, 0) is 6.54 Å². The normalized spacial score (nSPS) is 10.8. The lowest BCUT2D eigenvalue weighted by molar-refractivity contribution is 0.107. The highest BCUT2D eigenvalue weighted by atomic mass is 35.5. The van der Waals surface area contributed by atoms with Crippen molar-refractivity contribution < 1.29 is 4.79 Å². The Morgan fingerprint density at radius 2 is 1.76 bits per heavy atom. The molecule has 0 atom stereocenters. The maximum absolute atomic E-state index is 11.3. The molecule has 1 aromatic carbocycles. The van der Waals surface area contributed by atoms with Crippen LogP contribution in [0.5, 0.6) is 0 Å². The van der Waals surface area contributed by atoms with E-state index in [2.05, 4.69) is 18.7 Å². The van der Waals surface area contributed by atoms with Crippen molar-refractivity contribution >= 4 is 16.8 Å². The fourth-order valence-electron chi connectivity index (χ4n) is 1.99. The first kappa shape index (κ1) is 14.2. The van der Waals surface area contributed by atoms with E-state index in [0.717, 1.165) is 38.0 Å². The number of hydrogen-bond acceptors (Lipinski definition) is 2. The zero-order chi connectivity index (χ0) is 12.7. The molecular formula is C14H20ClNO. The fourth-order valence-corrected chi connectivity index (χ4v) is 2.18. The Bertz CT molecular complexity index is 359. The first-order valence-electron chi connectivity index (χ1n) is 6.19. The van der Waals surface area contributed by atoms with E-state index in [4.69, 9.17) is 11.6 Å². The van der Waals surface area contributed by atoms with Crippen LogP contribution in [0.3, 0.4) is 0 Å². The van der Waals surface area contributed by atoms with Gasteiger partial charge in [0.2, 0.25) is 0 Å². The molecule has 1 rings (SSSR count). The first-order chi connectivity index (χ1) is 8.19. The van der Waals surface area contributed by atoms with Gasteiger partial charge in [-0.3, -0.25) is 9.69 Å². The predicted molar refractivity (Wildman–Crippen MR) is 72.5 cm³/mol. The van der Waals surface area contributed by atoms with Crippen LogP contribution in [0.1, 0.15) is 42.6 Å². The predicted octanol–water partition coefficient (Wildman–Crippen LogP) is 3.69. The second-order valence-electron chi connectivity index (χ2n) is 4.21. The number of nitrogens with zero attached hydrogens (tertiary/aromatic N) is 1. The molecule has 0 saturated heterocycles. The van der Waals surface area contributed by atoms with Gasteiger partial charge in [-0.2, -0.15) is 0 Å². The Morgan fingerprint density at radius 3 is 2.29 bits per heavy atom. The molecule has 0 saturated carbocycles. The molecule has 0 aliphatic rings. The maximum Gasteiger partial charge on any atom is 0.252 e. The summed E-state index contributed by atoms with van der Waals surface area (Å²) in [6, 6.07) is 7.58. The molecule has 0 aliphatic heterocycles. The third kappa shape index (κ3) is 4.49. The van der Waals surface area contributed by atoms with E-state index >= 15 is 0 Å². The molecule has 3 heteroatoms. The molecule has 0 heterocycles. The molecule has 0 amide bonds. The Labute approximate surface area is 109 Å². The summed E-state index contributed by atoms with van der Waals surface area (Å²) in [7, 11) is 0. The second kappa shape index (κ2) is 7.46. The van der Waals surface area contributed by atoms with Gasteiger partial charge in [-0.15, -0.1) is 0 Å². The molecule has 0 aliphatic carbocycles. The average molecular weight is 254 g/mol. The van der Waals surface area contributed by atoms with Gasteiger partial charge in [-0.1, -0.05) is 32.0 Å². The van der Waals surface area contributed by atoms with Crippen LogP contribution in [0, 0.1) is 0 Å².